The van der Waals surface area contributed by atoms with Gasteiger partial charge in [0.15, 0.2) is 5.65 Å². The standard InChI is InChI=1S/C9H9N3O3.C2H6/c13-2-1-6-3-10-8-7(9(14)15)4-11-12(8)5-6;1-2/h3-5,13H,1-2H2,(H,14,15);1-2H3. The lowest BCUT2D eigenvalue weighted by Gasteiger charge is -1.98. The fourth-order valence-electron chi connectivity index (χ4n) is 1.32. The Morgan fingerprint density at radius 2 is 2.12 bits per heavy atom. The van der Waals surface area contributed by atoms with Crippen LogP contribution in [0.3, 0.4) is 0 Å². The lowest BCUT2D eigenvalue weighted by atomic mass is 10.2. The minimum absolute atomic E-state index is 0.0280. The number of aromatic nitrogens is 3. The number of nitrogens with zero attached hydrogens (tertiary/aromatic N) is 3. The monoisotopic (exact) mass is 237 g/mol. The van der Waals surface area contributed by atoms with Crippen molar-refractivity contribution in [3.05, 3.63) is 29.7 Å². The van der Waals surface area contributed by atoms with Crippen LogP contribution in [0.25, 0.3) is 5.65 Å². The first-order valence-electron chi connectivity index (χ1n) is 5.39. The molecule has 2 aromatic heterocycles. The van der Waals surface area contributed by atoms with E-state index in [1.165, 1.54) is 10.7 Å². The van der Waals surface area contributed by atoms with Gasteiger partial charge in [0.2, 0.25) is 0 Å². The molecule has 0 amide bonds. The van der Waals surface area contributed by atoms with E-state index in [0.717, 1.165) is 5.56 Å². The highest BCUT2D eigenvalue weighted by atomic mass is 16.4. The largest absolute Gasteiger partial charge is 0.477 e. The Labute approximate surface area is 98.5 Å². The molecule has 0 aliphatic rings. The van der Waals surface area contributed by atoms with Crippen LogP contribution < -0.4 is 0 Å². The van der Waals surface area contributed by atoms with Crippen LogP contribution in [-0.2, 0) is 6.42 Å². The van der Waals surface area contributed by atoms with Crippen molar-refractivity contribution >= 4 is 11.6 Å². The second kappa shape index (κ2) is 5.95. The number of rotatable bonds is 3. The number of aromatic carboxylic acids is 1. The van der Waals surface area contributed by atoms with Crippen molar-refractivity contribution in [2.75, 3.05) is 6.61 Å². The van der Waals surface area contributed by atoms with Gasteiger partial charge in [0, 0.05) is 19.0 Å². The van der Waals surface area contributed by atoms with Gasteiger partial charge in [-0.05, 0) is 12.0 Å². The summed E-state index contributed by atoms with van der Waals surface area (Å²) in [5.74, 6) is -1.05. The summed E-state index contributed by atoms with van der Waals surface area (Å²) in [6, 6.07) is 0. The SMILES string of the molecule is CC.O=C(O)c1cnn2cc(CCO)cnc12. The average Bonchev–Trinajstić information content (AvgIpc) is 2.75. The molecule has 0 atom stereocenters. The lowest BCUT2D eigenvalue weighted by molar-refractivity contribution is 0.0698. The predicted octanol–water partition coefficient (Wildman–Crippen LogP) is 0.988. The summed E-state index contributed by atoms with van der Waals surface area (Å²) in [6.45, 7) is 4.03. The molecule has 0 bridgehead atoms. The molecule has 0 unspecified atom stereocenters. The third kappa shape index (κ3) is 2.79. The first-order chi connectivity index (χ1) is 8.22. The molecule has 2 N–H and O–H groups in total. The van der Waals surface area contributed by atoms with E-state index in [1.54, 1.807) is 12.4 Å². The van der Waals surface area contributed by atoms with Gasteiger partial charge in [-0.25, -0.2) is 14.3 Å². The molecule has 0 spiro atoms. The van der Waals surface area contributed by atoms with E-state index in [1.807, 2.05) is 13.8 Å². The molecule has 2 rings (SSSR count). The van der Waals surface area contributed by atoms with Crippen LogP contribution in [0.1, 0.15) is 29.8 Å². The molecular formula is C11H15N3O3. The summed E-state index contributed by atoms with van der Waals surface area (Å²) in [4.78, 5) is 14.7. The van der Waals surface area contributed by atoms with E-state index >= 15 is 0 Å². The van der Waals surface area contributed by atoms with E-state index in [0.29, 0.717) is 12.1 Å². The minimum atomic E-state index is -1.05. The molecule has 2 aromatic rings. The highest BCUT2D eigenvalue weighted by molar-refractivity contribution is 5.93. The molecule has 0 aliphatic heterocycles. The molecule has 0 saturated heterocycles. The van der Waals surface area contributed by atoms with Gasteiger partial charge in [0.25, 0.3) is 0 Å². The zero-order chi connectivity index (χ0) is 12.8. The summed E-state index contributed by atoms with van der Waals surface area (Å²) in [6.07, 6.45) is 4.93. The number of carboxylic acids is 1. The van der Waals surface area contributed by atoms with E-state index in [2.05, 4.69) is 10.1 Å². The van der Waals surface area contributed by atoms with Crippen LogP contribution in [0.2, 0.25) is 0 Å². The van der Waals surface area contributed by atoms with Crippen molar-refractivity contribution in [3.63, 3.8) is 0 Å². The Bertz CT molecular complexity index is 508. The minimum Gasteiger partial charge on any atom is -0.477 e. The highest BCUT2D eigenvalue weighted by Crippen LogP contribution is 2.08. The molecule has 92 valence electrons. The number of hydrogen-bond acceptors (Lipinski definition) is 4. The second-order valence-corrected chi connectivity index (χ2v) is 3.07. The van der Waals surface area contributed by atoms with Crippen molar-refractivity contribution in [1.29, 1.82) is 0 Å². The molecule has 17 heavy (non-hydrogen) atoms. The number of fused-ring (bicyclic) bond motifs is 1. The van der Waals surface area contributed by atoms with Gasteiger partial charge < -0.3 is 10.2 Å². The van der Waals surface area contributed by atoms with Crippen LogP contribution in [0.4, 0.5) is 0 Å². The molecule has 2 heterocycles. The van der Waals surface area contributed by atoms with Crippen molar-refractivity contribution in [3.8, 4) is 0 Å². The van der Waals surface area contributed by atoms with Crippen LogP contribution in [0, 0.1) is 0 Å². The summed E-state index contributed by atoms with van der Waals surface area (Å²) in [5, 5.41) is 21.4. The van der Waals surface area contributed by atoms with E-state index < -0.39 is 5.97 Å². The van der Waals surface area contributed by atoms with Crippen LogP contribution in [0.5, 0.6) is 0 Å². The maximum Gasteiger partial charge on any atom is 0.341 e. The van der Waals surface area contributed by atoms with Crippen LogP contribution in [0.15, 0.2) is 18.6 Å². The van der Waals surface area contributed by atoms with Crippen molar-refractivity contribution in [2.24, 2.45) is 0 Å². The maximum absolute atomic E-state index is 10.8. The van der Waals surface area contributed by atoms with Gasteiger partial charge in [-0.15, -0.1) is 0 Å². The normalized spacial score (nSPS) is 9.82. The van der Waals surface area contributed by atoms with Crippen molar-refractivity contribution in [1.82, 2.24) is 14.6 Å². The predicted molar refractivity (Wildman–Crippen MR) is 62.1 cm³/mol. The van der Waals surface area contributed by atoms with E-state index in [4.69, 9.17) is 10.2 Å². The quantitative estimate of drug-likeness (QED) is 0.831. The lowest BCUT2D eigenvalue weighted by Crippen LogP contribution is -2.00. The summed E-state index contributed by atoms with van der Waals surface area (Å²) in [7, 11) is 0. The third-order valence-corrected chi connectivity index (χ3v) is 2.04. The number of hydrogen-bond donors (Lipinski definition) is 2. The Balaban J connectivity index is 0.000000686. The van der Waals surface area contributed by atoms with Gasteiger partial charge in [-0.2, -0.15) is 5.10 Å². The first-order valence-corrected chi connectivity index (χ1v) is 5.39. The first kappa shape index (κ1) is 13.1. The molecular weight excluding hydrogens is 222 g/mol. The molecule has 0 radical (unpaired) electrons. The topological polar surface area (TPSA) is 87.7 Å². The number of carbonyl (C=O) groups is 1. The smallest absolute Gasteiger partial charge is 0.341 e. The second-order valence-electron chi connectivity index (χ2n) is 3.07. The molecule has 0 fully saturated rings. The Hall–Kier alpha value is -1.95. The summed E-state index contributed by atoms with van der Waals surface area (Å²) < 4.78 is 1.40. The molecule has 6 nitrogen and oxygen atoms in total. The summed E-state index contributed by atoms with van der Waals surface area (Å²) >= 11 is 0. The zero-order valence-electron chi connectivity index (χ0n) is 9.79. The van der Waals surface area contributed by atoms with Gasteiger partial charge in [-0.3, -0.25) is 0 Å². The summed E-state index contributed by atoms with van der Waals surface area (Å²) in [5.41, 5.74) is 1.19. The highest BCUT2D eigenvalue weighted by Gasteiger charge is 2.12. The Morgan fingerprint density at radius 1 is 1.41 bits per heavy atom. The number of aliphatic hydroxyl groups is 1. The molecule has 6 heteroatoms. The van der Waals surface area contributed by atoms with E-state index in [9.17, 15) is 4.79 Å². The van der Waals surface area contributed by atoms with Crippen LogP contribution in [-0.4, -0.2) is 37.4 Å². The van der Waals surface area contributed by atoms with Gasteiger partial charge in [-0.1, -0.05) is 13.8 Å². The van der Waals surface area contributed by atoms with Crippen molar-refractivity contribution < 1.29 is 15.0 Å². The van der Waals surface area contributed by atoms with Crippen molar-refractivity contribution in [2.45, 2.75) is 20.3 Å². The maximum atomic E-state index is 10.8. The van der Waals surface area contributed by atoms with Gasteiger partial charge >= 0.3 is 5.97 Å². The number of aliphatic hydroxyl groups excluding tert-OH is 1. The third-order valence-electron chi connectivity index (χ3n) is 2.04. The zero-order valence-corrected chi connectivity index (χ0v) is 9.79. The van der Waals surface area contributed by atoms with E-state index in [-0.39, 0.29) is 12.2 Å². The van der Waals surface area contributed by atoms with Crippen LogP contribution >= 0.6 is 0 Å². The fourth-order valence-corrected chi connectivity index (χ4v) is 1.32. The Kier molecular flexibility index (Phi) is 4.59. The Morgan fingerprint density at radius 3 is 2.71 bits per heavy atom. The average molecular weight is 237 g/mol. The molecule has 0 aromatic carbocycles. The van der Waals surface area contributed by atoms with Gasteiger partial charge in [0.05, 0.1) is 6.20 Å². The molecule has 0 aliphatic carbocycles. The van der Waals surface area contributed by atoms with Gasteiger partial charge in [0.1, 0.15) is 5.56 Å². The number of carboxylic acid groups (broad SMARTS) is 1. The fraction of sp³-hybridized carbons (Fsp3) is 0.364. The molecule has 0 saturated carbocycles.